The fourth-order valence-corrected chi connectivity index (χ4v) is 5.12. The number of nitrogens with zero attached hydrogens (tertiary/aromatic N) is 1. The van der Waals surface area contributed by atoms with E-state index in [1.165, 1.54) is 0 Å². The summed E-state index contributed by atoms with van der Waals surface area (Å²) in [7, 11) is -3.17. The molecular formula is C13H23NO3S. The first kappa shape index (κ1) is 14.0. The minimum absolute atomic E-state index is 0.0860. The molecule has 2 aliphatic rings. The lowest BCUT2D eigenvalue weighted by Gasteiger charge is -2.34. The van der Waals surface area contributed by atoms with Crippen LogP contribution in [0.15, 0.2) is 0 Å². The van der Waals surface area contributed by atoms with Crippen molar-refractivity contribution in [2.75, 3.05) is 13.1 Å². The first-order chi connectivity index (χ1) is 8.55. The molecule has 104 valence electrons. The summed E-state index contributed by atoms with van der Waals surface area (Å²) < 4.78 is 26.6. The summed E-state index contributed by atoms with van der Waals surface area (Å²) in [5.41, 5.74) is 0. The molecule has 0 aromatic rings. The topological polar surface area (TPSA) is 54.5 Å². The number of carbonyl (C=O) groups excluding carboxylic acids is 1. The molecule has 1 saturated carbocycles. The van der Waals surface area contributed by atoms with Crippen molar-refractivity contribution in [3.05, 3.63) is 0 Å². The van der Waals surface area contributed by atoms with Crippen LogP contribution >= 0.6 is 0 Å². The minimum Gasteiger partial charge on any atom is -0.299 e. The second-order valence-corrected chi connectivity index (χ2v) is 7.70. The van der Waals surface area contributed by atoms with Gasteiger partial charge in [-0.1, -0.05) is 26.2 Å². The van der Waals surface area contributed by atoms with Crippen LogP contribution in [0.2, 0.25) is 0 Å². The van der Waals surface area contributed by atoms with Crippen molar-refractivity contribution in [3.8, 4) is 0 Å². The van der Waals surface area contributed by atoms with Gasteiger partial charge in [0.05, 0.1) is 5.25 Å². The maximum absolute atomic E-state index is 12.5. The maximum Gasteiger partial charge on any atom is 0.217 e. The van der Waals surface area contributed by atoms with Gasteiger partial charge in [0, 0.05) is 25.4 Å². The Kier molecular flexibility index (Phi) is 4.43. The molecule has 4 nitrogen and oxygen atoms in total. The number of hydrogen-bond donors (Lipinski definition) is 0. The number of piperidine rings is 1. The minimum atomic E-state index is -3.17. The molecule has 0 aromatic carbocycles. The van der Waals surface area contributed by atoms with Crippen LogP contribution in [-0.4, -0.2) is 36.8 Å². The van der Waals surface area contributed by atoms with Crippen molar-refractivity contribution in [1.82, 2.24) is 4.31 Å². The SMILES string of the molecule is CCC1CN(S(=O)(=O)C2CCCCC2)CCC1=O. The molecule has 1 atom stereocenters. The van der Waals surface area contributed by atoms with Crippen molar-refractivity contribution in [3.63, 3.8) is 0 Å². The molecule has 0 bridgehead atoms. The van der Waals surface area contributed by atoms with Gasteiger partial charge >= 0.3 is 0 Å². The van der Waals surface area contributed by atoms with Gasteiger partial charge in [0.25, 0.3) is 0 Å². The molecule has 1 aliphatic heterocycles. The quantitative estimate of drug-likeness (QED) is 0.789. The lowest BCUT2D eigenvalue weighted by atomic mass is 9.96. The fraction of sp³-hybridized carbons (Fsp3) is 0.923. The van der Waals surface area contributed by atoms with Gasteiger partial charge in [-0.15, -0.1) is 0 Å². The second kappa shape index (κ2) is 5.70. The van der Waals surface area contributed by atoms with Crippen LogP contribution in [0.4, 0.5) is 0 Å². The highest BCUT2D eigenvalue weighted by Gasteiger charge is 2.37. The van der Waals surface area contributed by atoms with Gasteiger partial charge in [0.15, 0.2) is 0 Å². The molecule has 5 heteroatoms. The van der Waals surface area contributed by atoms with Crippen molar-refractivity contribution < 1.29 is 13.2 Å². The van der Waals surface area contributed by atoms with E-state index in [4.69, 9.17) is 0 Å². The van der Waals surface area contributed by atoms with Crippen LogP contribution in [-0.2, 0) is 14.8 Å². The van der Waals surface area contributed by atoms with E-state index >= 15 is 0 Å². The molecule has 1 heterocycles. The fourth-order valence-electron chi connectivity index (χ4n) is 3.04. The molecule has 0 spiro atoms. The van der Waals surface area contributed by atoms with E-state index in [1.807, 2.05) is 6.92 Å². The molecule has 0 amide bonds. The molecule has 1 unspecified atom stereocenters. The van der Waals surface area contributed by atoms with Gasteiger partial charge < -0.3 is 0 Å². The van der Waals surface area contributed by atoms with E-state index in [0.29, 0.717) is 19.5 Å². The van der Waals surface area contributed by atoms with Gasteiger partial charge in [-0.2, -0.15) is 0 Å². The number of rotatable bonds is 3. The molecule has 2 rings (SSSR count). The molecule has 1 saturated heterocycles. The highest BCUT2D eigenvalue weighted by Crippen LogP contribution is 2.28. The van der Waals surface area contributed by atoms with Crippen LogP contribution < -0.4 is 0 Å². The average Bonchev–Trinajstić information content (AvgIpc) is 2.40. The highest BCUT2D eigenvalue weighted by molar-refractivity contribution is 7.89. The zero-order valence-electron chi connectivity index (χ0n) is 11.1. The van der Waals surface area contributed by atoms with E-state index in [0.717, 1.165) is 38.5 Å². The lowest BCUT2D eigenvalue weighted by molar-refractivity contribution is -0.125. The smallest absolute Gasteiger partial charge is 0.217 e. The third kappa shape index (κ3) is 2.77. The third-order valence-electron chi connectivity index (χ3n) is 4.31. The highest BCUT2D eigenvalue weighted by atomic mass is 32.2. The van der Waals surface area contributed by atoms with E-state index in [2.05, 4.69) is 0 Å². The summed E-state index contributed by atoms with van der Waals surface area (Å²) in [6.45, 7) is 2.77. The Labute approximate surface area is 110 Å². The Morgan fingerprint density at radius 2 is 1.89 bits per heavy atom. The van der Waals surface area contributed by atoms with Gasteiger partial charge in [0.1, 0.15) is 5.78 Å². The number of Topliss-reactive ketones (excluding diaryl/α,β-unsaturated/α-hetero) is 1. The lowest BCUT2D eigenvalue weighted by Crippen LogP contribution is -2.47. The molecule has 0 radical (unpaired) electrons. The first-order valence-corrected chi connectivity index (χ1v) is 8.57. The van der Waals surface area contributed by atoms with Gasteiger partial charge in [-0.25, -0.2) is 12.7 Å². The summed E-state index contributed by atoms with van der Waals surface area (Å²) in [5, 5.41) is -0.197. The summed E-state index contributed by atoms with van der Waals surface area (Å²) in [6, 6.07) is 0. The Bertz CT molecular complexity index is 398. The van der Waals surface area contributed by atoms with Crippen LogP contribution in [0.3, 0.4) is 0 Å². The predicted molar refractivity (Wildman–Crippen MR) is 70.8 cm³/mol. The second-order valence-electron chi connectivity index (χ2n) is 5.48. The van der Waals surface area contributed by atoms with Crippen molar-refractivity contribution >= 4 is 15.8 Å². The van der Waals surface area contributed by atoms with Crippen LogP contribution in [0.25, 0.3) is 0 Å². The summed E-state index contributed by atoms with van der Waals surface area (Å²) in [5.74, 6) is 0.143. The molecular weight excluding hydrogens is 250 g/mol. The van der Waals surface area contributed by atoms with E-state index in [-0.39, 0.29) is 17.0 Å². The largest absolute Gasteiger partial charge is 0.299 e. The zero-order valence-corrected chi connectivity index (χ0v) is 11.9. The Hall–Kier alpha value is -0.420. The van der Waals surface area contributed by atoms with Crippen LogP contribution in [0.5, 0.6) is 0 Å². The van der Waals surface area contributed by atoms with E-state index in [1.54, 1.807) is 4.31 Å². The standard InChI is InChI=1S/C13H23NO3S/c1-2-11-10-14(9-8-13(11)15)18(16,17)12-6-4-3-5-7-12/h11-12H,2-10H2,1H3. The summed E-state index contributed by atoms with van der Waals surface area (Å²) >= 11 is 0. The third-order valence-corrected chi connectivity index (χ3v) is 6.68. The Balaban J connectivity index is 2.07. The van der Waals surface area contributed by atoms with Crippen LogP contribution in [0, 0.1) is 5.92 Å². The van der Waals surface area contributed by atoms with Crippen molar-refractivity contribution in [2.24, 2.45) is 5.92 Å². The van der Waals surface area contributed by atoms with E-state index < -0.39 is 10.0 Å². The molecule has 0 aromatic heterocycles. The van der Waals surface area contributed by atoms with E-state index in [9.17, 15) is 13.2 Å². The normalized spacial score (nSPS) is 28.5. The number of ketones is 1. The first-order valence-electron chi connectivity index (χ1n) is 7.07. The van der Waals surface area contributed by atoms with Gasteiger partial charge in [0.2, 0.25) is 10.0 Å². The zero-order chi connectivity index (χ0) is 13.2. The Morgan fingerprint density at radius 3 is 2.50 bits per heavy atom. The Morgan fingerprint density at radius 1 is 1.22 bits per heavy atom. The maximum atomic E-state index is 12.5. The van der Waals surface area contributed by atoms with Gasteiger partial charge in [-0.05, 0) is 19.3 Å². The number of sulfonamides is 1. The van der Waals surface area contributed by atoms with Crippen molar-refractivity contribution in [1.29, 1.82) is 0 Å². The number of hydrogen-bond acceptors (Lipinski definition) is 3. The van der Waals surface area contributed by atoms with Crippen LogP contribution in [0.1, 0.15) is 51.9 Å². The molecule has 1 aliphatic carbocycles. The van der Waals surface area contributed by atoms with Gasteiger partial charge in [-0.3, -0.25) is 4.79 Å². The average molecular weight is 273 g/mol. The summed E-state index contributed by atoms with van der Waals surface area (Å²) in [6.07, 6.45) is 5.93. The predicted octanol–water partition coefficient (Wildman–Crippen LogP) is 1.95. The van der Waals surface area contributed by atoms with Crippen molar-refractivity contribution in [2.45, 2.75) is 57.1 Å². The molecule has 2 fully saturated rings. The molecule has 0 N–H and O–H groups in total. The monoisotopic (exact) mass is 273 g/mol. The summed E-state index contributed by atoms with van der Waals surface area (Å²) in [4.78, 5) is 11.7. The molecule has 18 heavy (non-hydrogen) atoms. The number of carbonyl (C=O) groups is 1.